The predicted molar refractivity (Wildman–Crippen MR) is 63.7 cm³/mol. The molecule has 5 heteroatoms. The second kappa shape index (κ2) is 4.74. The summed E-state index contributed by atoms with van der Waals surface area (Å²) in [6.45, 7) is 2.75. The molecule has 0 saturated carbocycles. The molecule has 1 aromatic carbocycles. The summed E-state index contributed by atoms with van der Waals surface area (Å²) in [5, 5.41) is 0. The molecule has 0 amide bonds. The second-order valence-corrected chi connectivity index (χ2v) is 6.30. The number of benzene rings is 1. The summed E-state index contributed by atoms with van der Waals surface area (Å²) in [6.07, 6.45) is 2.75. The number of nitrogens with zero attached hydrogens (tertiary/aromatic N) is 1. The Balaban J connectivity index is 2.40. The van der Waals surface area contributed by atoms with E-state index in [2.05, 4.69) is 0 Å². The van der Waals surface area contributed by atoms with Crippen molar-refractivity contribution >= 4 is 10.0 Å². The first kappa shape index (κ1) is 12.5. The number of hydrogen-bond acceptors (Lipinski definition) is 2. The van der Waals surface area contributed by atoms with E-state index in [9.17, 15) is 12.8 Å². The van der Waals surface area contributed by atoms with Gasteiger partial charge >= 0.3 is 0 Å². The van der Waals surface area contributed by atoms with Crippen LogP contribution in [0.5, 0.6) is 0 Å². The number of sulfonamides is 1. The fraction of sp³-hybridized carbons (Fsp3) is 0.500. The predicted octanol–water partition coefficient (Wildman–Crippen LogP) is 2.31. The number of aryl methyl sites for hydroxylation is 1. The van der Waals surface area contributed by atoms with Crippen LogP contribution in [-0.2, 0) is 10.0 Å². The minimum atomic E-state index is -3.66. The van der Waals surface area contributed by atoms with Gasteiger partial charge in [-0.2, -0.15) is 4.31 Å². The largest absolute Gasteiger partial charge is 0.245 e. The van der Waals surface area contributed by atoms with E-state index in [1.807, 2.05) is 0 Å². The van der Waals surface area contributed by atoms with Crippen molar-refractivity contribution < 1.29 is 12.8 Å². The first-order valence-corrected chi connectivity index (χ1v) is 7.22. The average molecular weight is 257 g/mol. The van der Waals surface area contributed by atoms with Crippen LogP contribution >= 0.6 is 0 Å². The molecular formula is C12H16FNO2S. The fourth-order valence-electron chi connectivity index (χ4n) is 2.05. The SMILES string of the molecule is Cc1ccc(F)c(S(=O)(=O)N2CCCCC2)c1. The minimum Gasteiger partial charge on any atom is -0.207 e. The highest BCUT2D eigenvalue weighted by atomic mass is 32.2. The first-order chi connectivity index (χ1) is 8.01. The molecule has 17 heavy (non-hydrogen) atoms. The van der Waals surface area contributed by atoms with Crippen molar-refractivity contribution in [1.29, 1.82) is 0 Å². The average Bonchev–Trinajstić information content (AvgIpc) is 2.33. The molecule has 94 valence electrons. The Labute approximate surface area is 101 Å². The van der Waals surface area contributed by atoms with Gasteiger partial charge in [-0.1, -0.05) is 12.5 Å². The van der Waals surface area contributed by atoms with Gasteiger partial charge in [0.1, 0.15) is 10.7 Å². The molecule has 1 aromatic rings. The maximum atomic E-state index is 13.6. The first-order valence-electron chi connectivity index (χ1n) is 5.78. The summed E-state index contributed by atoms with van der Waals surface area (Å²) in [7, 11) is -3.66. The van der Waals surface area contributed by atoms with E-state index < -0.39 is 15.8 Å². The third-order valence-corrected chi connectivity index (χ3v) is 4.93. The van der Waals surface area contributed by atoms with Gasteiger partial charge in [-0.25, -0.2) is 12.8 Å². The molecule has 1 fully saturated rings. The van der Waals surface area contributed by atoms with E-state index in [0.717, 1.165) is 24.8 Å². The van der Waals surface area contributed by atoms with Gasteiger partial charge in [-0.3, -0.25) is 0 Å². The lowest BCUT2D eigenvalue weighted by Gasteiger charge is -2.26. The molecular weight excluding hydrogens is 241 g/mol. The molecule has 0 unspecified atom stereocenters. The van der Waals surface area contributed by atoms with Crippen molar-refractivity contribution in [3.63, 3.8) is 0 Å². The number of rotatable bonds is 2. The Hall–Kier alpha value is -0.940. The number of piperidine rings is 1. The lowest BCUT2D eigenvalue weighted by molar-refractivity contribution is 0.345. The van der Waals surface area contributed by atoms with E-state index in [1.165, 1.54) is 16.4 Å². The van der Waals surface area contributed by atoms with Crippen molar-refractivity contribution in [2.75, 3.05) is 13.1 Å². The Morgan fingerprint density at radius 3 is 2.47 bits per heavy atom. The summed E-state index contributed by atoms with van der Waals surface area (Å²) < 4.78 is 39.5. The third-order valence-electron chi connectivity index (χ3n) is 3.02. The Morgan fingerprint density at radius 2 is 1.82 bits per heavy atom. The highest BCUT2D eigenvalue weighted by molar-refractivity contribution is 7.89. The van der Waals surface area contributed by atoms with Gasteiger partial charge in [-0.05, 0) is 37.5 Å². The van der Waals surface area contributed by atoms with Crippen molar-refractivity contribution in [3.05, 3.63) is 29.6 Å². The molecule has 1 aliphatic heterocycles. The molecule has 0 radical (unpaired) electrons. The van der Waals surface area contributed by atoms with Gasteiger partial charge in [0.25, 0.3) is 0 Å². The van der Waals surface area contributed by atoms with Crippen LogP contribution < -0.4 is 0 Å². The molecule has 0 aromatic heterocycles. The summed E-state index contributed by atoms with van der Waals surface area (Å²) in [5.41, 5.74) is 0.752. The van der Waals surface area contributed by atoms with E-state index in [-0.39, 0.29) is 4.90 Å². The number of halogens is 1. The van der Waals surface area contributed by atoms with Gasteiger partial charge in [-0.15, -0.1) is 0 Å². The van der Waals surface area contributed by atoms with Crippen molar-refractivity contribution in [3.8, 4) is 0 Å². The number of hydrogen-bond donors (Lipinski definition) is 0. The van der Waals surface area contributed by atoms with Gasteiger partial charge < -0.3 is 0 Å². The zero-order valence-corrected chi connectivity index (χ0v) is 10.6. The van der Waals surface area contributed by atoms with E-state index in [0.29, 0.717) is 13.1 Å². The molecule has 0 atom stereocenters. The quantitative estimate of drug-likeness (QED) is 0.815. The Morgan fingerprint density at radius 1 is 1.18 bits per heavy atom. The van der Waals surface area contributed by atoms with E-state index >= 15 is 0 Å². The summed E-state index contributed by atoms with van der Waals surface area (Å²) >= 11 is 0. The second-order valence-electron chi connectivity index (χ2n) is 4.40. The van der Waals surface area contributed by atoms with Gasteiger partial charge in [0.15, 0.2) is 0 Å². The molecule has 0 spiro atoms. The van der Waals surface area contributed by atoms with Crippen LogP contribution in [0.15, 0.2) is 23.1 Å². The molecule has 1 saturated heterocycles. The van der Waals surface area contributed by atoms with Gasteiger partial charge in [0.2, 0.25) is 10.0 Å². The van der Waals surface area contributed by atoms with Crippen molar-refractivity contribution in [2.24, 2.45) is 0 Å². The molecule has 1 heterocycles. The third kappa shape index (κ3) is 2.50. The normalized spacial score (nSPS) is 18.2. The van der Waals surface area contributed by atoms with Crippen LogP contribution in [0.2, 0.25) is 0 Å². The van der Waals surface area contributed by atoms with Crippen LogP contribution in [0, 0.1) is 12.7 Å². The van der Waals surface area contributed by atoms with E-state index in [1.54, 1.807) is 13.0 Å². The van der Waals surface area contributed by atoms with Crippen LogP contribution in [0.4, 0.5) is 4.39 Å². The fourth-order valence-corrected chi connectivity index (χ4v) is 3.72. The van der Waals surface area contributed by atoms with Gasteiger partial charge in [0.05, 0.1) is 0 Å². The van der Waals surface area contributed by atoms with E-state index in [4.69, 9.17) is 0 Å². The van der Waals surface area contributed by atoms with Crippen molar-refractivity contribution in [2.45, 2.75) is 31.1 Å². The highest BCUT2D eigenvalue weighted by Gasteiger charge is 2.28. The Bertz CT molecular complexity index is 507. The lowest BCUT2D eigenvalue weighted by atomic mass is 10.2. The van der Waals surface area contributed by atoms with Crippen LogP contribution in [0.1, 0.15) is 24.8 Å². The highest BCUT2D eigenvalue weighted by Crippen LogP contribution is 2.23. The molecule has 0 bridgehead atoms. The Kier molecular flexibility index (Phi) is 3.49. The summed E-state index contributed by atoms with van der Waals surface area (Å²) in [4.78, 5) is -0.195. The minimum absolute atomic E-state index is 0.195. The monoisotopic (exact) mass is 257 g/mol. The smallest absolute Gasteiger partial charge is 0.207 e. The zero-order chi connectivity index (χ0) is 12.5. The molecule has 0 aliphatic carbocycles. The zero-order valence-electron chi connectivity index (χ0n) is 9.82. The maximum Gasteiger partial charge on any atom is 0.245 e. The molecule has 3 nitrogen and oxygen atoms in total. The molecule has 0 N–H and O–H groups in total. The maximum absolute atomic E-state index is 13.6. The summed E-state index contributed by atoms with van der Waals surface area (Å²) in [6, 6.07) is 4.19. The standard InChI is InChI=1S/C12H16FNO2S/c1-10-5-6-11(13)12(9-10)17(15,16)14-7-3-2-4-8-14/h5-6,9H,2-4,7-8H2,1H3. The summed E-state index contributed by atoms with van der Waals surface area (Å²) in [5.74, 6) is -0.666. The topological polar surface area (TPSA) is 37.4 Å². The lowest BCUT2D eigenvalue weighted by Crippen LogP contribution is -2.36. The van der Waals surface area contributed by atoms with Crippen LogP contribution in [0.3, 0.4) is 0 Å². The molecule has 2 rings (SSSR count). The van der Waals surface area contributed by atoms with Crippen molar-refractivity contribution in [1.82, 2.24) is 4.31 Å². The molecule has 1 aliphatic rings. The van der Waals surface area contributed by atoms with Crippen LogP contribution in [0.25, 0.3) is 0 Å². The van der Waals surface area contributed by atoms with Crippen LogP contribution in [-0.4, -0.2) is 25.8 Å². The van der Waals surface area contributed by atoms with Gasteiger partial charge in [0, 0.05) is 13.1 Å².